The predicted octanol–water partition coefficient (Wildman–Crippen LogP) is 3.71. The summed E-state index contributed by atoms with van der Waals surface area (Å²) in [4.78, 5) is 12.0. The lowest BCUT2D eigenvalue weighted by molar-refractivity contribution is 0.102. The molecule has 3 N–H and O–H groups in total. The summed E-state index contributed by atoms with van der Waals surface area (Å²) in [5, 5.41) is 3.00. The number of amides is 1. The quantitative estimate of drug-likeness (QED) is 0.846. The van der Waals surface area contributed by atoms with Gasteiger partial charge >= 0.3 is 0 Å². The smallest absolute Gasteiger partial charge is 0.255 e. The monoisotopic (exact) mass is 308 g/mol. The van der Waals surface area contributed by atoms with Gasteiger partial charge in [0.1, 0.15) is 11.6 Å². The minimum absolute atomic E-state index is 0.137. The zero-order valence-corrected chi connectivity index (χ0v) is 12.1. The van der Waals surface area contributed by atoms with Gasteiger partial charge in [-0.15, -0.1) is 0 Å². The van der Waals surface area contributed by atoms with Crippen molar-refractivity contribution in [3.8, 4) is 5.75 Å². The van der Waals surface area contributed by atoms with E-state index in [0.717, 1.165) is 12.1 Å². The maximum atomic E-state index is 13.2. The van der Waals surface area contributed by atoms with Gasteiger partial charge in [0.15, 0.2) is 0 Å². The largest absolute Gasteiger partial charge is 0.492 e. The van der Waals surface area contributed by atoms with Gasteiger partial charge in [-0.2, -0.15) is 0 Å². The number of carbonyl (C=O) groups is 1. The molecule has 0 radical (unpaired) electrons. The molecule has 0 aliphatic heterocycles. The molecule has 2 aromatic carbocycles. The molecule has 0 aliphatic carbocycles. The number of nitrogens with two attached hydrogens (primary N) is 1. The minimum Gasteiger partial charge on any atom is -0.492 e. The summed E-state index contributed by atoms with van der Waals surface area (Å²) >= 11 is 6.03. The Kier molecular flexibility index (Phi) is 4.65. The second-order valence-corrected chi connectivity index (χ2v) is 4.71. The van der Waals surface area contributed by atoms with Crippen LogP contribution < -0.4 is 15.8 Å². The van der Waals surface area contributed by atoms with Crippen LogP contribution in [0.1, 0.15) is 17.3 Å². The first-order valence-electron chi connectivity index (χ1n) is 6.29. The van der Waals surface area contributed by atoms with Gasteiger partial charge < -0.3 is 15.8 Å². The van der Waals surface area contributed by atoms with Crippen LogP contribution in [0.4, 0.5) is 15.8 Å². The maximum absolute atomic E-state index is 13.2. The fourth-order valence-corrected chi connectivity index (χ4v) is 2.03. The number of anilines is 2. The van der Waals surface area contributed by atoms with Crippen molar-refractivity contribution in [1.82, 2.24) is 0 Å². The van der Waals surface area contributed by atoms with Crippen LogP contribution >= 0.6 is 11.6 Å². The molecule has 0 atom stereocenters. The Morgan fingerprint density at radius 1 is 1.33 bits per heavy atom. The molecule has 0 spiro atoms. The van der Waals surface area contributed by atoms with Crippen LogP contribution in [0.2, 0.25) is 5.02 Å². The van der Waals surface area contributed by atoms with E-state index in [9.17, 15) is 9.18 Å². The summed E-state index contributed by atoms with van der Waals surface area (Å²) in [5.41, 5.74) is 6.31. The summed E-state index contributed by atoms with van der Waals surface area (Å²) in [6, 6.07) is 8.52. The van der Waals surface area contributed by atoms with E-state index < -0.39 is 11.7 Å². The van der Waals surface area contributed by atoms with E-state index in [1.165, 1.54) is 6.07 Å². The third-order valence-electron chi connectivity index (χ3n) is 2.67. The second kappa shape index (κ2) is 6.45. The number of hydrogen-bond acceptors (Lipinski definition) is 3. The minimum atomic E-state index is -0.565. The normalized spacial score (nSPS) is 10.2. The molecule has 2 rings (SSSR count). The summed E-state index contributed by atoms with van der Waals surface area (Å²) in [7, 11) is 0. The number of benzene rings is 2. The molecular weight excluding hydrogens is 295 g/mol. The number of carbonyl (C=O) groups excluding carboxylic acids is 1. The predicted molar refractivity (Wildman–Crippen MR) is 81.4 cm³/mol. The first kappa shape index (κ1) is 15.1. The van der Waals surface area contributed by atoms with Crippen molar-refractivity contribution >= 4 is 28.9 Å². The Hall–Kier alpha value is -2.27. The number of ether oxygens (including phenoxy) is 1. The topological polar surface area (TPSA) is 64.3 Å². The molecule has 2 aromatic rings. The van der Waals surface area contributed by atoms with Gasteiger partial charge in [0.2, 0.25) is 0 Å². The van der Waals surface area contributed by atoms with Crippen LogP contribution in [-0.2, 0) is 0 Å². The van der Waals surface area contributed by atoms with E-state index >= 15 is 0 Å². The molecule has 0 fully saturated rings. The van der Waals surface area contributed by atoms with E-state index in [-0.39, 0.29) is 11.3 Å². The van der Waals surface area contributed by atoms with Crippen molar-refractivity contribution in [1.29, 1.82) is 0 Å². The van der Waals surface area contributed by atoms with E-state index in [4.69, 9.17) is 22.1 Å². The summed E-state index contributed by atoms with van der Waals surface area (Å²) < 4.78 is 18.5. The Morgan fingerprint density at radius 2 is 2.10 bits per heavy atom. The molecule has 0 aliphatic rings. The van der Waals surface area contributed by atoms with Crippen LogP contribution in [-0.4, -0.2) is 12.5 Å². The highest BCUT2D eigenvalue weighted by molar-refractivity contribution is 6.32. The Morgan fingerprint density at radius 3 is 2.71 bits per heavy atom. The molecule has 0 unspecified atom stereocenters. The third-order valence-corrected chi connectivity index (χ3v) is 2.97. The Balaban J connectivity index is 2.17. The van der Waals surface area contributed by atoms with Crippen LogP contribution in [0.15, 0.2) is 36.4 Å². The molecule has 0 saturated heterocycles. The molecule has 110 valence electrons. The van der Waals surface area contributed by atoms with Gasteiger partial charge in [-0.3, -0.25) is 4.79 Å². The van der Waals surface area contributed by atoms with Gasteiger partial charge in [0.25, 0.3) is 5.91 Å². The molecular formula is C15H14ClFN2O2. The maximum Gasteiger partial charge on any atom is 0.255 e. The van der Waals surface area contributed by atoms with Gasteiger partial charge in [-0.25, -0.2) is 4.39 Å². The number of nitrogen functional groups attached to an aromatic ring is 1. The van der Waals surface area contributed by atoms with Crippen molar-refractivity contribution in [2.24, 2.45) is 0 Å². The van der Waals surface area contributed by atoms with Gasteiger partial charge in [0.05, 0.1) is 11.6 Å². The number of hydrogen-bond donors (Lipinski definition) is 2. The lowest BCUT2D eigenvalue weighted by Crippen LogP contribution is -2.12. The molecule has 0 saturated carbocycles. The molecule has 0 bridgehead atoms. The highest BCUT2D eigenvalue weighted by Gasteiger charge is 2.10. The average molecular weight is 309 g/mol. The average Bonchev–Trinajstić information content (AvgIpc) is 2.41. The fourth-order valence-electron chi connectivity index (χ4n) is 1.80. The van der Waals surface area contributed by atoms with Gasteiger partial charge in [-0.05, 0) is 43.3 Å². The number of nitrogens with one attached hydrogen (secondary N) is 1. The molecule has 0 aromatic heterocycles. The van der Waals surface area contributed by atoms with Crippen molar-refractivity contribution < 1.29 is 13.9 Å². The lowest BCUT2D eigenvalue weighted by atomic mass is 10.1. The highest BCUT2D eigenvalue weighted by atomic mass is 35.5. The third kappa shape index (κ3) is 3.86. The van der Waals surface area contributed by atoms with Gasteiger partial charge in [0, 0.05) is 16.9 Å². The first-order chi connectivity index (χ1) is 9.99. The summed E-state index contributed by atoms with van der Waals surface area (Å²) in [5.74, 6) is -0.501. The van der Waals surface area contributed by atoms with E-state index in [1.54, 1.807) is 18.2 Å². The van der Waals surface area contributed by atoms with Crippen LogP contribution in [0.5, 0.6) is 5.75 Å². The zero-order valence-electron chi connectivity index (χ0n) is 11.3. The summed E-state index contributed by atoms with van der Waals surface area (Å²) in [6.07, 6.45) is 0. The number of rotatable bonds is 4. The standard InChI is InChI=1S/C15H14ClFN2O2/c1-2-21-14-4-3-12(8-13(14)16)19-15(20)9-5-10(17)7-11(18)6-9/h3-8H,2,18H2,1H3,(H,19,20). The first-order valence-corrected chi connectivity index (χ1v) is 6.67. The molecule has 6 heteroatoms. The van der Waals surface area contributed by atoms with Crippen molar-refractivity contribution in [3.63, 3.8) is 0 Å². The van der Waals surface area contributed by atoms with Crippen molar-refractivity contribution in [3.05, 3.63) is 52.8 Å². The van der Waals surface area contributed by atoms with Gasteiger partial charge in [-0.1, -0.05) is 11.6 Å². The van der Waals surface area contributed by atoms with Crippen LogP contribution in [0.3, 0.4) is 0 Å². The van der Waals surface area contributed by atoms with E-state index in [1.807, 2.05) is 6.92 Å². The van der Waals surface area contributed by atoms with Crippen LogP contribution in [0.25, 0.3) is 0 Å². The van der Waals surface area contributed by atoms with E-state index in [0.29, 0.717) is 23.1 Å². The highest BCUT2D eigenvalue weighted by Crippen LogP contribution is 2.28. The van der Waals surface area contributed by atoms with Crippen molar-refractivity contribution in [2.75, 3.05) is 17.7 Å². The zero-order chi connectivity index (χ0) is 15.4. The SMILES string of the molecule is CCOc1ccc(NC(=O)c2cc(N)cc(F)c2)cc1Cl. The Labute approximate surface area is 126 Å². The molecule has 1 amide bonds. The Bertz CT molecular complexity index is 656. The van der Waals surface area contributed by atoms with Crippen LogP contribution in [0, 0.1) is 5.82 Å². The van der Waals surface area contributed by atoms with E-state index in [2.05, 4.69) is 5.32 Å². The second-order valence-electron chi connectivity index (χ2n) is 4.31. The lowest BCUT2D eigenvalue weighted by Gasteiger charge is -2.09. The molecule has 0 heterocycles. The van der Waals surface area contributed by atoms with Crippen molar-refractivity contribution in [2.45, 2.75) is 6.92 Å². The fraction of sp³-hybridized carbons (Fsp3) is 0.133. The number of halogens is 2. The molecule has 21 heavy (non-hydrogen) atoms. The molecule has 4 nitrogen and oxygen atoms in total. The summed E-state index contributed by atoms with van der Waals surface area (Å²) in [6.45, 7) is 2.34.